The fourth-order valence-electron chi connectivity index (χ4n) is 2.75. The molecule has 2 unspecified atom stereocenters. The predicted octanol–water partition coefficient (Wildman–Crippen LogP) is 1.24. The van der Waals surface area contributed by atoms with Gasteiger partial charge in [-0.05, 0) is 57.8 Å². The van der Waals surface area contributed by atoms with Crippen molar-refractivity contribution < 1.29 is 25.6 Å². The number of unbranched alkanes of at least 4 members (excludes halogenated alkanes) is 4. The van der Waals surface area contributed by atoms with Crippen molar-refractivity contribution >= 4 is 0 Å². The summed E-state index contributed by atoms with van der Waals surface area (Å²) in [6, 6.07) is 0. The van der Waals surface area contributed by atoms with Crippen molar-refractivity contribution in [3.63, 3.8) is 0 Å². The third-order valence-electron chi connectivity index (χ3n) is 4.49. The first kappa shape index (κ1) is 25.4. The normalized spacial score (nSPS) is 20.6. The molecule has 0 aromatic heterocycles. The van der Waals surface area contributed by atoms with E-state index in [2.05, 4.69) is 12.0 Å². The molecule has 0 spiro atoms. The van der Waals surface area contributed by atoms with Crippen LogP contribution in [0, 0.1) is 0 Å². The van der Waals surface area contributed by atoms with Crippen molar-refractivity contribution in [1.29, 1.82) is 0 Å². The topological polar surface area (TPSA) is 127 Å². The van der Waals surface area contributed by atoms with Gasteiger partial charge in [-0.2, -0.15) is 5.12 Å². The maximum atomic E-state index is 10.3. The van der Waals surface area contributed by atoms with Gasteiger partial charge < -0.3 is 20.4 Å². The number of rotatable bonds is 17. The summed E-state index contributed by atoms with van der Waals surface area (Å²) in [5, 5.41) is 13.5. The van der Waals surface area contributed by atoms with Crippen LogP contribution in [-0.4, -0.2) is 71.5 Å². The lowest BCUT2D eigenvalue weighted by Gasteiger charge is -2.30. The van der Waals surface area contributed by atoms with Crippen LogP contribution in [0.2, 0.25) is 0 Å². The Hall–Kier alpha value is -0.580. The highest BCUT2D eigenvalue weighted by atomic mass is 16.6. The molecule has 0 aromatic rings. The molecule has 8 nitrogen and oxygen atoms in total. The second-order valence-corrected chi connectivity index (χ2v) is 6.81. The number of epoxide rings is 2. The average molecular weight is 378 g/mol. The van der Waals surface area contributed by atoms with Gasteiger partial charge in [-0.3, -0.25) is 5.21 Å². The van der Waals surface area contributed by atoms with E-state index in [4.69, 9.17) is 9.47 Å². The van der Waals surface area contributed by atoms with Crippen molar-refractivity contribution in [1.82, 2.24) is 15.7 Å². The number of hydrogen-bond donors (Lipinski definition) is 2. The molecule has 2 rings (SSSR count). The average Bonchev–Trinajstić information content (AvgIpc) is 3.47. The van der Waals surface area contributed by atoms with E-state index < -0.39 is 0 Å². The van der Waals surface area contributed by atoms with Gasteiger partial charge >= 0.3 is 0 Å². The van der Waals surface area contributed by atoms with E-state index in [1.165, 1.54) is 11.6 Å². The number of hydroxylamine groups is 1. The molecule has 2 aliphatic rings. The van der Waals surface area contributed by atoms with Gasteiger partial charge in [0.25, 0.3) is 0 Å². The van der Waals surface area contributed by atoms with Crippen molar-refractivity contribution in [3.05, 3.63) is 12.7 Å². The standard InChI is InChI=1S/C18H35N3O3.2H2O/c1-2-3-4-8-14-21(22)20(13-9-6-11-18-16-24-18)19-12-7-5-10-17-15-23-17;;/h2,17-19,22H,1,3-16H2;2*1H2. The Morgan fingerprint density at radius 1 is 0.923 bits per heavy atom. The number of allylic oxidation sites excluding steroid dienone is 1. The molecule has 0 amide bonds. The number of nitrogens with zero attached hydrogens (tertiary/aromatic N) is 2. The van der Waals surface area contributed by atoms with E-state index in [1.54, 1.807) is 0 Å². The smallest absolute Gasteiger partial charge is 0.0810 e. The van der Waals surface area contributed by atoms with E-state index >= 15 is 0 Å². The van der Waals surface area contributed by atoms with E-state index in [0.717, 1.165) is 77.7 Å². The quantitative estimate of drug-likeness (QED) is 0.170. The number of nitrogens with one attached hydrogen (secondary N) is 1. The van der Waals surface area contributed by atoms with Crippen LogP contribution in [0.4, 0.5) is 0 Å². The third-order valence-corrected chi connectivity index (χ3v) is 4.49. The van der Waals surface area contributed by atoms with Gasteiger partial charge in [0.2, 0.25) is 0 Å². The summed E-state index contributed by atoms with van der Waals surface area (Å²) in [6.07, 6.45) is 12.8. The van der Waals surface area contributed by atoms with E-state index in [9.17, 15) is 5.21 Å². The van der Waals surface area contributed by atoms with Crippen molar-refractivity contribution in [2.24, 2.45) is 0 Å². The van der Waals surface area contributed by atoms with Crippen LogP contribution in [0.15, 0.2) is 12.7 Å². The number of hydrogen-bond acceptors (Lipinski definition) is 6. The summed E-state index contributed by atoms with van der Waals surface area (Å²) in [5.41, 5.74) is 3.38. The van der Waals surface area contributed by atoms with Gasteiger partial charge in [-0.25, -0.2) is 5.43 Å². The van der Waals surface area contributed by atoms with Crippen LogP contribution in [0.3, 0.4) is 0 Å². The minimum Gasteiger partial charge on any atom is -0.412 e. The molecule has 2 saturated heterocycles. The molecule has 2 aliphatic heterocycles. The molecule has 156 valence electrons. The zero-order valence-corrected chi connectivity index (χ0v) is 16.0. The number of hydrazine groups is 2. The molecule has 2 heterocycles. The van der Waals surface area contributed by atoms with E-state index in [1.807, 2.05) is 11.2 Å². The summed E-state index contributed by atoms with van der Waals surface area (Å²) in [4.78, 5) is 0. The third kappa shape index (κ3) is 12.7. The Labute approximate surface area is 157 Å². The van der Waals surface area contributed by atoms with Crippen molar-refractivity contribution in [3.8, 4) is 0 Å². The zero-order chi connectivity index (χ0) is 17.0. The van der Waals surface area contributed by atoms with Gasteiger partial charge in [0.1, 0.15) is 0 Å². The first-order chi connectivity index (χ1) is 11.8. The zero-order valence-electron chi connectivity index (χ0n) is 16.0. The molecule has 2 fully saturated rings. The Morgan fingerprint density at radius 2 is 1.50 bits per heavy atom. The Morgan fingerprint density at radius 3 is 2.08 bits per heavy atom. The van der Waals surface area contributed by atoms with Crippen LogP contribution in [0.5, 0.6) is 0 Å². The highest BCUT2D eigenvalue weighted by Crippen LogP contribution is 2.17. The second-order valence-electron chi connectivity index (χ2n) is 6.81. The number of ether oxygens (including phenoxy) is 2. The van der Waals surface area contributed by atoms with Crippen LogP contribution in [0.25, 0.3) is 0 Å². The summed E-state index contributed by atoms with van der Waals surface area (Å²) in [5.74, 6) is 0. The molecule has 0 aliphatic carbocycles. The molecule has 8 heteroatoms. The van der Waals surface area contributed by atoms with Crippen LogP contribution in [-0.2, 0) is 9.47 Å². The first-order valence-corrected chi connectivity index (χ1v) is 9.61. The molecule has 0 bridgehead atoms. The molecule has 2 atom stereocenters. The lowest BCUT2D eigenvalue weighted by atomic mass is 10.2. The van der Waals surface area contributed by atoms with Crippen LogP contribution < -0.4 is 5.43 Å². The van der Waals surface area contributed by atoms with Crippen molar-refractivity contribution in [2.45, 2.75) is 70.0 Å². The molecule has 0 aromatic carbocycles. The summed E-state index contributed by atoms with van der Waals surface area (Å²) in [7, 11) is 0. The fourth-order valence-corrected chi connectivity index (χ4v) is 2.75. The highest BCUT2D eigenvalue weighted by molar-refractivity contribution is 4.69. The van der Waals surface area contributed by atoms with Crippen LogP contribution in [0.1, 0.15) is 57.8 Å². The summed E-state index contributed by atoms with van der Waals surface area (Å²) < 4.78 is 10.5. The predicted molar refractivity (Wildman–Crippen MR) is 102 cm³/mol. The Bertz CT molecular complexity index is 341. The van der Waals surface area contributed by atoms with Gasteiger partial charge in [0.15, 0.2) is 0 Å². The monoisotopic (exact) mass is 377 g/mol. The Balaban J connectivity index is 0.00000312. The van der Waals surface area contributed by atoms with Gasteiger partial charge in [-0.1, -0.05) is 6.08 Å². The van der Waals surface area contributed by atoms with Gasteiger partial charge in [0, 0.05) is 19.6 Å². The van der Waals surface area contributed by atoms with E-state index in [0.29, 0.717) is 18.8 Å². The maximum absolute atomic E-state index is 10.3. The lowest BCUT2D eigenvalue weighted by Crippen LogP contribution is -2.50. The molecule has 0 saturated carbocycles. The fraction of sp³-hybridized carbons (Fsp3) is 0.889. The molecule has 6 N–H and O–H groups in total. The summed E-state index contributed by atoms with van der Waals surface area (Å²) in [6.45, 7) is 7.99. The second kappa shape index (κ2) is 15.5. The maximum Gasteiger partial charge on any atom is 0.0810 e. The van der Waals surface area contributed by atoms with Gasteiger partial charge in [-0.15, -0.1) is 11.8 Å². The molecule has 0 radical (unpaired) electrons. The minimum absolute atomic E-state index is 0. The van der Waals surface area contributed by atoms with Gasteiger partial charge in [0.05, 0.1) is 25.4 Å². The SMILES string of the molecule is C=CCCCCN(O)N(CCCCC1CO1)NCCCCC1CO1.O.O. The summed E-state index contributed by atoms with van der Waals surface area (Å²) >= 11 is 0. The lowest BCUT2D eigenvalue weighted by molar-refractivity contribution is -0.268. The van der Waals surface area contributed by atoms with E-state index in [-0.39, 0.29) is 11.0 Å². The minimum atomic E-state index is 0. The molecular weight excluding hydrogens is 338 g/mol. The van der Waals surface area contributed by atoms with Crippen molar-refractivity contribution in [2.75, 3.05) is 32.8 Å². The largest absolute Gasteiger partial charge is 0.412 e. The Kier molecular flexibility index (Phi) is 15.1. The molecule has 26 heavy (non-hydrogen) atoms. The first-order valence-electron chi connectivity index (χ1n) is 9.61. The van der Waals surface area contributed by atoms with Crippen LogP contribution >= 0.6 is 0 Å². The highest BCUT2D eigenvalue weighted by Gasteiger charge is 2.22. The molecular formula is C18H39N3O5.